The first kappa shape index (κ1) is 18.3. The second kappa shape index (κ2) is 8.73. The highest BCUT2D eigenvalue weighted by Gasteiger charge is 2.31. The van der Waals surface area contributed by atoms with Gasteiger partial charge in [-0.15, -0.1) is 5.10 Å². The molecule has 0 N–H and O–H groups in total. The van der Waals surface area contributed by atoms with E-state index >= 15 is 0 Å². The second-order valence-corrected chi connectivity index (χ2v) is 7.65. The number of rotatable bonds is 6. The van der Waals surface area contributed by atoms with Crippen molar-refractivity contribution in [2.24, 2.45) is 0 Å². The zero-order valence-electron chi connectivity index (χ0n) is 16.2. The molecule has 1 saturated heterocycles. The van der Waals surface area contributed by atoms with Crippen LogP contribution in [-0.4, -0.2) is 61.3 Å². The average Bonchev–Trinajstić information content (AvgIpc) is 3.23. The molecule has 3 heterocycles. The highest BCUT2D eigenvalue weighted by Crippen LogP contribution is 2.32. The van der Waals surface area contributed by atoms with Gasteiger partial charge in [-0.05, 0) is 35.8 Å². The molecule has 0 radical (unpaired) electrons. The van der Waals surface area contributed by atoms with Crippen LogP contribution < -0.4 is 4.90 Å². The molecule has 1 saturated carbocycles. The fourth-order valence-corrected chi connectivity index (χ4v) is 4.44. The summed E-state index contributed by atoms with van der Waals surface area (Å²) >= 11 is 0. The first-order valence-corrected chi connectivity index (χ1v) is 10.4. The van der Waals surface area contributed by atoms with E-state index in [1.807, 2.05) is 18.5 Å². The van der Waals surface area contributed by atoms with Gasteiger partial charge in [0.25, 0.3) is 0 Å². The van der Waals surface area contributed by atoms with Gasteiger partial charge in [0.2, 0.25) is 5.95 Å². The Balaban J connectivity index is 1.47. The lowest BCUT2D eigenvalue weighted by atomic mass is 9.95. The Hall–Kier alpha value is -2.09. The van der Waals surface area contributed by atoms with Gasteiger partial charge in [-0.2, -0.15) is 0 Å². The smallest absolute Gasteiger partial charge is 0.225 e. The fourth-order valence-electron chi connectivity index (χ4n) is 4.44. The Morgan fingerprint density at radius 1 is 1.04 bits per heavy atom. The van der Waals surface area contributed by atoms with Gasteiger partial charge in [-0.25, -0.2) is 14.6 Å². The predicted molar refractivity (Wildman–Crippen MR) is 103 cm³/mol. The average molecular weight is 371 g/mol. The molecule has 0 spiro atoms. The summed E-state index contributed by atoms with van der Waals surface area (Å²) < 4.78 is 2.15. The highest BCUT2D eigenvalue weighted by atomic mass is 15.6. The van der Waals surface area contributed by atoms with E-state index in [1.165, 1.54) is 32.1 Å². The minimum atomic E-state index is 0.297. The van der Waals surface area contributed by atoms with Crippen molar-refractivity contribution in [3.8, 4) is 0 Å². The summed E-state index contributed by atoms with van der Waals surface area (Å²) in [5.74, 6) is 1.89. The number of tetrazole rings is 1. The maximum absolute atomic E-state index is 4.48. The Bertz CT molecular complexity index is 689. The van der Waals surface area contributed by atoms with Crippen LogP contribution in [0, 0.1) is 0 Å². The first-order chi connectivity index (χ1) is 13.4. The van der Waals surface area contributed by atoms with Crippen molar-refractivity contribution in [2.45, 2.75) is 64.0 Å². The van der Waals surface area contributed by atoms with E-state index in [0.717, 1.165) is 50.8 Å². The van der Waals surface area contributed by atoms with E-state index in [1.54, 1.807) is 0 Å². The number of anilines is 1. The summed E-state index contributed by atoms with van der Waals surface area (Å²) in [6.07, 6.45) is 12.2. The maximum atomic E-state index is 4.48. The first-order valence-electron chi connectivity index (χ1n) is 10.4. The molecule has 2 aromatic heterocycles. The second-order valence-electron chi connectivity index (χ2n) is 7.65. The third-order valence-corrected chi connectivity index (χ3v) is 5.89. The quantitative estimate of drug-likeness (QED) is 0.773. The summed E-state index contributed by atoms with van der Waals surface area (Å²) in [6, 6.07) is 2.63. The van der Waals surface area contributed by atoms with Gasteiger partial charge in [-0.1, -0.05) is 32.6 Å². The normalized spacial score (nSPS) is 20.7. The SMILES string of the molecule is CCC[C@H](c1nnnn1C1CCCCC1)N1CCN(c2ncccn2)CC1. The molecular formula is C19H30N8. The van der Waals surface area contributed by atoms with Crippen molar-refractivity contribution in [3.63, 3.8) is 0 Å². The zero-order valence-corrected chi connectivity index (χ0v) is 16.2. The molecule has 1 aliphatic carbocycles. The number of piperazine rings is 1. The monoisotopic (exact) mass is 370 g/mol. The lowest BCUT2D eigenvalue weighted by Crippen LogP contribution is -2.48. The Morgan fingerprint density at radius 2 is 1.78 bits per heavy atom. The molecular weight excluding hydrogens is 340 g/mol. The van der Waals surface area contributed by atoms with Crippen molar-refractivity contribution in [1.82, 2.24) is 35.1 Å². The molecule has 8 heteroatoms. The van der Waals surface area contributed by atoms with Gasteiger partial charge >= 0.3 is 0 Å². The molecule has 0 amide bonds. The van der Waals surface area contributed by atoms with Crippen molar-refractivity contribution >= 4 is 5.95 Å². The van der Waals surface area contributed by atoms with Crippen molar-refractivity contribution in [3.05, 3.63) is 24.3 Å². The molecule has 4 rings (SSSR count). The molecule has 1 aliphatic heterocycles. The van der Waals surface area contributed by atoms with Crippen molar-refractivity contribution in [2.75, 3.05) is 31.1 Å². The summed E-state index contributed by atoms with van der Waals surface area (Å²) in [4.78, 5) is 13.6. The van der Waals surface area contributed by atoms with Crippen LogP contribution in [0.2, 0.25) is 0 Å². The van der Waals surface area contributed by atoms with Crippen LogP contribution in [0.1, 0.15) is 69.8 Å². The van der Waals surface area contributed by atoms with Gasteiger partial charge < -0.3 is 4.90 Å². The number of hydrogen-bond donors (Lipinski definition) is 0. The highest BCUT2D eigenvalue weighted by molar-refractivity contribution is 5.29. The lowest BCUT2D eigenvalue weighted by molar-refractivity contribution is 0.158. The molecule has 2 aliphatic rings. The van der Waals surface area contributed by atoms with Gasteiger partial charge in [0, 0.05) is 38.6 Å². The van der Waals surface area contributed by atoms with Crippen LogP contribution in [-0.2, 0) is 0 Å². The lowest BCUT2D eigenvalue weighted by Gasteiger charge is -2.39. The summed E-state index contributed by atoms with van der Waals surface area (Å²) in [5, 5.41) is 12.9. The summed E-state index contributed by atoms with van der Waals surface area (Å²) in [5.41, 5.74) is 0. The molecule has 0 aromatic carbocycles. The maximum Gasteiger partial charge on any atom is 0.225 e. The summed E-state index contributed by atoms with van der Waals surface area (Å²) in [6.45, 7) is 6.10. The summed E-state index contributed by atoms with van der Waals surface area (Å²) in [7, 11) is 0. The van der Waals surface area contributed by atoms with Crippen LogP contribution in [0.15, 0.2) is 18.5 Å². The predicted octanol–water partition coefficient (Wildman–Crippen LogP) is 2.63. The minimum absolute atomic E-state index is 0.297. The molecule has 27 heavy (non-hydrogen) atoms. The van der Waals surface area contributed by atoms with Gasteiger partial charge in [-0.3, -0.25) is 4.90 Å². The Kier molecular flexibility index (Phi) is 5.91. The minimum Gasteiger partial charge on any atom is -0.338 e. The third-order valence-electron chi connectivity index (χ3n) is 5.89. The molecule has 146 valence electrons. The number of aromatic nitrogens is 6. The van der Waals surface area contributed by atoms with Crippen LogP contribution in [0.5, 0.6) is 0 Å². The van der Waals surface area contributed by atoms with E-state index in [-0.39, 0.29) is 0 Å². The van der Waals surface area contributed by atoms with E-state index < -0.39 is 0 Å². The Labute approximate surface area is 161 Å². The molecule has 2 fully saturated rings. The van der Waals surface area contributed by atoms with Crippen molar-refractivity contribution in [1.29, 1.82) is 0 Å². The topological polar surface area (TPSA) is 75.9 Å². The number of nitrogens with zero attached hydrogens (tertiary/aromatic N) is 8. The fraction of sp³-hybridized carbons (Fsp3) is 0.737. The van der Waals surface area contributed by atoms with Crippen molar-refractivity contribution < 1.29 is 0 Å². The van der Waals surface area contributed by atoms with E-state index in [9.17, 15) is 0 Å². The van der Waals surface area contributed by atoms with Crippen LogP contribution in [0.4, 0.5) is 5.95 Å². The molecule has 8 nitrogen and oxygen atoms in total. The van der Waals surface area contributed by atoms with Crippen LogP contribution in [0.3, 0.4) is 0 Å². The van der Waals surface area contributed by atoms with Crippen LogP contribution >= 0.6 is 0 Å². The van der Waals surface area contributed by atoms with E-state index in [0.29, 0.717) is 12.1 Å². The van der Waals surface area contributed by atoms with Gasteiger partial charge in [0.1, 0.15) is 0 Å². The molecule has 1 atom stereocenters. The van der Waals surface area contributed by atoms with E-state index in [4.69, 9.17) is 0 Å². The van der Waals surface area contributed by atoms with Crippen LogP contribution in [0.25, 0.3) is 0 Å². The molecule has 0 unspecified atom stereocenters. The van der Waals surface area contributed by atoms with E-state index in [2.05, 4.69) is 46.9 Å². The standard InChI is InChI=1S/C19H30N8/c1-2-7-17(18-22-23-24-27(18)16-8-4-3-5-9-16)25-12-14-26(15-13-25)19-20-10-6-11-21-19/h6,10-11,16-17H,2-5,7-9,12-15H2,1H3/t17-/m1/s1. The Morgan fingerprint density at radius 3 is 2.48 bits per heavy atom. The van der Waals surface area contributed by atoms with Gasteiger partial charge in [0.05, 0.1) is 12.1 Å². The molecule has 2 aromatic rings. The third kappa shape index (κ3) is 4.10. The largest absolute Gasteiger partial charge is 0.338 e. The zero-order chi connectivity index (χ0) is 18.5. The number of hydrogen-bond acceptors (Lipinski definition) is 7. The molecule has 0 bridgehead atoms. The van der Waals surface area contributed by atoms with Gasteiger partial charge in [0.15, 0.2) is 5.82 Å².